The van der Waals surface area contributed by atoms with Crippen LogP contribution in [0.1, 0.15) is 29.5 Å². The monoisotopic (exact) mass is 590 g/mol. The number of rotatable bonds is 8. The molecule has 0 aromatic heterocycles. The van der Waals surface area contributed by atoms with Crippen LogP contribution in [0.2, 0.25) is 5.02 Å². The number of hydrogen-bond acceptors (Lipinski definition) is 6. The van der Waals surface area contributed by atoms with E-state index in [4.69, 9.17) is 16.3 Å². The number of hydrogen-bond donors (Lipinski definition) is 0. The summed E-state index contributed by atoms with van der Waals surface area (Å²) < 4.78 is 19.4. The molecular weight excluding hydrogens is 559 g/mol. The van der Waals surface area contributed by atoms with Gasteiger partial charge < -0.3 is 19.4 Å². The van der Waals surface area contributed by atoms with E-state index in [0.717, 1.165) is 42.8 Å². The number of likely N-dealkylation sites (N-methyl/N-ethyl adjacent to an activating group) is 1. The highest BCUT2D eigenvalue weighted by atomic mass is 35.5. The van der Waals surface area contributed by atoms with Crippen LogP contribution >= 0.6 is 23.4 Å². The average molecular weight is 591 g/mol. The molecular formula is C32H32ClFN4O2S. The Balaban J connectivity index is 1.10. The van der Waals surface area contributed by atoms with E-state index in [1.807, 2.05) is 41.7 Å². The first-order valence-electron chi connectivity index (χ1n) is 13.8. The summed E-state index contributed by atoms with van der Waals surface area (Å²) >= 11 is 8.38. The van der Waals surface area contributed by atoms with Crippen molar-refractivity contribution in [1.82, 2.24) is 9.80 Å². The molecule has 0 bridgehead atoms. The maximum absolute atomic E-state index is 13.5. The standard InChI is InChI=1S/C32H32ClFN4O2S/c1-36(2)25-12-13-37(18-25)31(39)11-7-21-6-9-26-27-17-35-20-38(32(27)41-30(26)15-21)24-8-10-29(28(33)16-24)40-19-22-4-3-5-23(34)14-22/h3-6,8-10,14-17,20,25,32H,7,11-13,18-19H2,1-2H3/t25-,32?/m0/s1. The van der Waals surface area contributed by atoms with E-state index in [2.05, 4.69) is 47.1 Å². The minimum Gasteiger partial charge on any atom is -0.487 e. The second kappa shape index (κ2) is 11.9. The smallest absolute Gasteiger partial charge is 0.222 e. The normalized spacial score (nSPS) is 19.4. The number of amides is 1. The Labute approximate surface area is 249 Å². The van der Waals surface area contributed by atoms with Gasteiger partial charge in [0.05, 0.1) is 11.4 Å². The lowest BCUT2D eigenvalue weighted by molar-refractivity contribution is -0.130. The van der Waals surface area contributed by atoms with Crippen molar-refractivity contribution in [3.05, 3.63) is 94.4 Å². The summed E-state index contributed by atoms with van der Waals surface area (Å²) in [5.74, 6) is 0.479. The third-order valence-electron chi connectivity index (χ3n) is 7.89. The minimum absolute atomic E-state index is 0.0297. The Morgan fingerprint density at radius 3 is 2.80 bits per heavy atom. The molecule has 212 valence electrons. The molecule has 0 saturated carbocycles. The molecule has 0 spiro atoms. The molecule has 1 amide bonds. The summed E-state index contributed by atoms with van der Waals surface area (Å²) in [6.07, 6.45) is 6.04. The topological polar surface area (TPSA) is 48.4 Å². The summed E-state index contributed by atoms with van der Waals surface area (Å²) in [4.78, 5) is 24.9. The van der Waals surface area contributed by atoms with Gasteiger partial charge in [-0.3, -0.25) is 4.79 Å². The first-order valence-corrected chi connectivity index (χ1v) is 15.0. The van der Waals surface area contributed by atoms with Crippen molar-refractivity contribution in [3.8, 4) is 5.75 Å². The molecule has 2 atom stereocenters. The number of aryl methyl sites for hydroxylation is 1. The quantitative estimate of drug-likeness (QED) is 0.301. The first kappa shape index (κ1) is 27.8. The van der Waals surface area contributed by atoms with Crippen LogP contribution < -0.4 is 9.64 Å². The molecule has 9 heteroatoms. The Morgan fingerprint density at radius 2 is 2.02 bits per heavy atom. The Kier molecular flexibility index (Phi) is 8.06. The zero-order chi connectivity index (χ0) is 28.5. The van der Waals surface area contributed by atoms with E-state index in [9.17, 15) is 9.18 Å². The van der Waals surface area contributed by atoms with Crippen molar-refractivity contribution in [1.29, 1.82) is 0 Å². The van der Waals surface area contributed by atoms with E-state index in [-0.39, 0.29) is 23.7 Å². The number of ether oxygens (including phenoxy) is 1. The zero-order valence-corrected chi connectivity index (χ0v) is 24.7. The van der Waals surface area contributed by atoms with Gasteiger partial charge in [0.2, 0.25) is 5.91 Å². The van der Waals surface area contributed by atoms with Crippen molar-refractivity contribution in [3.63, 3.8) is 0 Å². The maximum atomic E-state index is 13.5. The maximum Gasteiger partial charge on any atom is 0.222 e. The number of thioether (sulfide) groups is 1. The SMILES string of the molecule is CN(C)[C@H]1CCN(C(=O)CCc2ccc3c(c2)SC2C3=CN=CN2c2ccc(OCc3cccc(F)c3)c(Cl)c2)C1. The third-order valence-corrected chi connectivity index (χ3v) is 9.48. The Hall–Kier alpha value is -3.33. The molecule has 6 rings (SSSR count). The summed E-state index contributed by atoms with van der Waals surface area (Å²) in [7, 11) is 4.16. The highest BCUT2D eigenvalue weighted by molar-refractivity contribution is 8.01. The second-order valence-corrected chi connectivity index (χ2v) is 12.4. The van der Waals surface area contributed by atoms with Crippen molar-refractivity contribution in [2.45, 2.75) is 42.2 Å². The number of benzene rings is 3. The van der Waals surface area contributed by atoms with Crippen LogP contribution in [0.25, 0.3) is 5.57 Å². The Bertz CT molecular complexity index is 1530. The molecule has 1 saturated heterocycles. The van der Waals surface area contributed by atoms with Gasteiger partial charge in [0.25, 0.3) is 0 Å². The first-order chi connectivity index (χ1) is 19.9. The molecule has 3 aliphatic heterocycles. The van der Waals surface area contributed by atoms with Gasteiger partial charge in [-0.15, -0.1) is 0 Å². The fourth-order valence-electron chi connectivity index (χ4n) is 5.52. The largest absolute Gasteiger partial charge is 0.487 e. The predicted octanol–water partition coefficient (Wildman–Crippen LogP) is 6.47. The fraction of sp³-hybridized carbons (Fsp3) is 0.312. The van der Waals surface area contributed by atoms with Gasteiger partial charge in [0.15, 0.2) is 0 Å². The van der Waals surface area contributed by atoms with E-state index < -0.39 is 0 Å². The van der Waals surface area contributed by atoms with Crippen LogP contribution in [0.15, 0.2) is 76.8 Å². The van der Waals surface area contributed by atoms with Gasteiger partial charge in [-0.1, -0.05) is 47.6 Å². The highest BCUT2D eigenvalue weighted by Crippen LogP contribution is 2.49. The number of carbonyl (C=O) groups excluding carboxylic acids is 1. The Morgan fingerprint density at radius 1 is 1.15 bits per heavy atom. The van der Waals surface area contributed by atoms with Crippen molar-refractivity contribution >= 4 is 46.9 Å². The molecule has 3 aromatic rings. The third kappa shape index (κ3) is 6.01. The molecule has 1 fully saturated rings. The van der Waals surface area contributed by atoms with Gasteiger partial charge in [-0.25, -0.2) is 9.38 Å². The summed E-state index contributed by atoms with van der Waals surface area (Å²) in [5, 5.41) is 0.507. The van der Waals surface area contributed by atoms with Gasteiger partial charge in [-0.2, -0.15) is 0 Å². The molecule has 0 aliphatic carbocycles. The molecule has 1 unspecified atom stereocenters. The summed E-state index contributed by atoms with van der Waals surface area (Å²) in [6.45, 7) is 1.89. The number of nitrogens with zero attached hydrogens (tertiary/aromatic N) is 4. The van der Waals surface area contributed by atoms with Crippen molar-refractivity contribution in [2.75, 3.05) is 32.1 Å². The number of likely N-dealkylation sites (tertiary alicyclic amines) is 1. The van der Waals surface area contributed by atoms with Gasteiger partial charge in [0, 0.05) is 47.9 Å². The van der Waals surface area contributed by atoms with Crippen molar-refractivity contribution in [2.24, 2.45) is 4.99 Å². The van der Waals surface area contributed by atoms with Crippen molar-refractivity contribution < 1.29 is 13.9 Å². The minimum atomic E-state index is -0.295. The lowest BCUT2D eigenvalue weighted by Gasteiger charge is -2.29. The van der Waals surface area contributed by atoms with E-state index in [1.54, 1.807) is 17.8 Å². The number of aliphatic imine (C=N–C) groups is 1. The fourth-order valence-corrected chi connectivity index (χ4v) is 7.12. The molecule has 0 radical (unpaired) electrons. The van der Waals surface area contributed by atoms with Crippen LogP contribution in [0.3, 0.4) is 0 Å². The number of halogens is 2. The molecule has 41 heavy (non-hydrogen) atoms. The predicted molar refractivity (Wildman–Crippen MR) is 164 cm³/mol. The number of carbonyl (C=O) groups is 1. The van der Waals surface area contributed by atoms with Crippen LogP contribution in [0, 0.1) is 5.82 Å². The molecule has 3 aliphatic rings. The van der Waals surface area contributed by atoms with Gasteiger partial charge in [-0.05, 0) is 80.0 Å². The van der Waals surface area contributed by atoms with Crippen LogP contribution in [-0.2, 0) is 17.8 Å². The second-order valence-electron chi connectivity index (χ2n) is 10.8. The summed E-state index contributed by atoms with van der Waals surface area (Å²) in [5.41, 5.74) is 5.12. The number of anilines is 1. The lowest BCUT2D eigenvalue weighted by atomic mass is 10.0. The van der Waals surface area contributed by atoms with Gasteiger partial charge in [0.1, 0.15) is 23.5 Å². The number of fused-ring (bicyclic) bond motifs is 3. The van der Waals surface area contributed by atoms with E-state index >= 15 is 0 Å². The van der Waals surface area contributed by atoms with Crippen LogP contribution in [0.5, 0.6) is 5.75 Å². The highest BCUT2D eigenvalue weighted by Gasteiger charge is 2.34. The molecule has 3 aromatic carbocycles. The lowest BCUT2D eigenvalue weighted by Crippen LogP contribution is -2.34. The van der Waals surface area contributed by atoms with Crippen LogP contribution in [-0.4, -0.2) is 60.6 Å². The van der Waals surface area contributed by atoms with E-state index in [0.29, 0.717) is 23.2 Å². The molecule has 3 heterocycles. The average Bonchev–Trinajstić information content (AvgIpc) is 3.61. The molecule has 6 nitrogen and oxygen atoms in total. The van der Waals surface area contributed by atoms with Gasteiger partial charge >= 0.3 is 0 Å². The van der Waals surface area contributed by atoms with E-state index in [1.165, 1.54) is 28.2 Å². The van der Waals surface area contributed by atoms with Crippen LogP contribution in [0.4, 0.5) is 10.1 Å². The summed E-state index contributed by atoms with van der Waals surface area (Å²) in [6, 6.07) is 19.0. The molecule has 0 N–H and O–H groups in total. The zero-order valence-electron chi connectivity index (χ0n) is 23.1.